The van der Waals surface area contributed by atoms with Gasteiger partial charge in [-0.05, 0) is 50.2 Å². The van der Waals surface area contributed by atoms with E-state index in [4.69, 9.17) is 5.73 Å². The van der Waals surface area contributed by atoms with Crippen molar-refractivity contribution in [3.05, 3.63) is 23.9 Å². The molecule has 1 saturated carbocycles. The number of nitrogens with two attached hydrogens (primary N) is 1. The first-order valence-electron chi connectivity index (χ1n) is 9.30. The van der Waals surface area contributed by atoms with Crippen molar-refractivity contribution in [2.75, 3.05) is 18.4 Å². The summed E-state index contributed by atoms with van der Waals surface area (Å²) in [5.41, 5.74) is 7.13. The normalized spacial score (nSPS) is 24.3. The molecule has 0 radical (unpaired) electrons. The van der Waals surface area contributed by atoms with E-state index in [-0.39, 0.29) is 23.8 Å². The zero-order valence-corrected chi connectivity index (χ0v) is 14.9. The zero-order chi connectivity index (χ0) is 17.8. The number of hydrogen-bond donors (Lipinski definition) is 2. The fourth-order valence-corrected chi connectivity index (χ4v) is 3.83. The molecule has 2 aliphatic rings. The Hall–Kier alpha value is -1.95. The lowest BCUT2D eigenvalue weighted by Crippen LogP contribution is -2.42. The van der Waals surface area contributed by atoms with Crippen molar-refractivity contribution in [2.24, 2.45) is 17.6 Å². The molecule has 1 aliphatic carbocycles. The first-order valence-corrected chi connectivity index (χ1v) is 9.30. The minimum atomic E-state index is -0.0547. The molecule has 1 aromatic heterocycles. The van der Waals surface area contributed by atoms with Gasteiger partial charge in [-0.25, -0.2) is 4.98 Å². The largest absolute Gasteiger partial charge is 0.343 e. The first kappa shape index (κ1) is 17.9. The van der Waals surface area contributed by atoms with Gasteiger partial charge in [0, 0.05) is 37.7 Å². The molecule has 6 nitrogen and oxygen atoms in total. The summed E-state index contributed by atoms with van der Waals surface area (Å²) < 4.78 is 0. The minimum Gasteiger partial charge on any atom is -0.343 e. The molecule has 0 bridgehead atoms. The quantitative estimate of drug-likeness (QED) is 0.875. The molecule has 136 valence electrons. The standard InChI is InChI=1S/C19H28N4O2/c1-13-5-6-17(21-12-13)22-19(25)14-7-9-23(10-8-14)18(24)11-15-3-2-4-16(15)20/h5-6,12,14-16H,2-4,7-11,20H2,1H3,(H,21,22,25)/t15-,16+/m0/s1. The third kappa shape index (κ3) is 4.57. The fraction of sp³-hybridized carbons (Fsp3) is 0.632. The Morgan fingerprint density at radius 2 is 2.00 bits per heavy atom. The predicted molar refractivity (Wildman–Crippen MR) is 96.8 cm³/mol. The molecule has 2 fully saturated rings. The van der Waals surface area contributed by atoms with E-state index in [1.165, 1.54) is 0 Å². The summed E-state index contributed by atoms with van der Waals surface area (Å²) in [6.45, 7) is 3.27. The number of carbonyl (C=O) groups excluding carboxylic acids is 2. The van der Waals surface area contributed by atoms with Gasteiger partial charge in [0.05, 0.1) is 0 Å². The van der Waals surface area contributed by atoms with Crippen LogP contribution in [0.25, 0.3) is 0 Å². The summed E-state index contributed by atoms with van der Waals surface area (Å²) in [6, 6.07) is 3.92. The van der Waals surface area contributed by atoms with E-state index in [1.54, 1.807) is 6.20 Å². The van der Waals surface area contributed by atoms with Crippen LogP contribution in [0.5, 0.6) is 0 Å². The number of carbonyl (C=O) groups is 2. The third-order valence-corrected chi connectivity index (χ3v) is 5.54. The van der Waals surface area contributed by atoms with Gasteiger partial charge in [-0.2, -0.15) is 0 Å². The molecule has 3 rings (SSSR count). The topological polar surface area (TPSA) is 88.3 Å². The average Bonchev–Trinajstić information content (AvgIpc) is 3.02. The van der Waals surface area contributed by atoms with Crippen molar-refractivity contribution in [3.8, 4) is 0 Å². The number of piperidine rings is 1. The number of hydrogen-bond acceptors (Lipinski definition) is 4. The monoisotopic (exact) mass is 344 g/mol. The van der Waals surface area contributed by atoms with Crippen LogP contribution in [0.2, 0.25) is 0 Å². The number of aryl methyl sites for hydroxylation is 1. The van der Waals surface area contributed by atoms with Gasteiger partial charge in [0.15, 0.2) is 0 Å². The minimum absolute atomic E-state index is 0.00117. The molecule has 1 saturated heterocycles. The molecule has 1 aliphatic heterocycles. The highest BCUT2D eigenvalue weighted by Gasteiger charge is 2.31. The lowest BCUT2D eigenvalue weighted by atomic mass is 9.94. The van der Waals surface area contributed by atoms with Gasteiger partial charge in [0.2, 0.25) is 11.8 Å². The highest BCUT2D eigenvalue weighted by atomic mass is 16.2. The molecule has 2 heterocycles. The van der Waals surface area contributed by atoms with Crippen LogP contribution >= 0.6 is 0 Å². The number of pyridine rings is 1. The molecular weight excluding hydrogens is 316 g/mol. The van der Waals surface area contributed by atoms with Gasteiger partial charge in [0.1, 0.15) is 5.82 Å². The van der Waals surface area contributed by atoms with Gasteiger partial charge in [-0.1, -0.05) is 12.5 Å². The highest BCUT2D eigenvalue weighted by Crippen LogP contribution is 2.28. The van der Waals surface area contributed by atoms with Crippen molar-refractivity contribution < 1.29 is 9.59 Å². The Morgan fingerprint density at radius 1 is 1.24 bits per heavy atom. The third-order valence-electron chi connectivity index (χ3n) is 5.54. The van der Waals surface area contributed by atoms with Crippen LogP contribution in [0, 0.1) is 18.8 Å². The average molecular weight is 344 g/mol. The molecule has 0 unspecified atom stereocenters. The lowest BCUT2D eigenvalue weighted by Gasteiger charge is -2.32. The van der Waals surface area contributed by atoms with Crippen molar-refractivity contribution in [1.82, 2.24) is 9.88 Å². The predicted octanol–water partition coefficient (Wildman–Crippen LogP) is 2.08. The molecule has 25 heavy (non-hydrogen) atoms. The molecule has 1 aromatic rings. The number of amides is 2. The number of likely N-dealkylation sites (tertiary alicyclic amines) is 1. The van der Waals surface area contributed by atoms with Crippen molar-refractivity contribution in [1.29, 1.82) is 0 Å². The lowest BCUT2D eigenvalue weighted by molar-refractivity contribution is -0.135. The van der Waals surface area contributed by atoms with Gasteiger partial charge < -0.3 is 16.0 Å². The second kappa shape index (κ2) is 7.95. The second-order valence-electron chi connectivity index (χ2n) is 7.42. The molecule has 3 N–H and O–H groups in total. The summed E-state index contributed by atoms with van der Waals surface area (Å²) >= 11 is 0. The van der Waals surface area contributed by atoms with E-state index in [1.807, 2.05) is 24.0 Å². The summed E-state index contributed by atoms with van der Waals surface area (Å²) in [6.07, 6.45) is 6.95. The molecule has 6 heteroatoms. The van der Waals surface area contributed by atoms with E-state index in [0.717, 1.165) is 24.8 Å². The number of nitrogens with one attached hydrogen (secondary N) is 1. The number of rotatable bonds is 4. The van der Waals surface area contributed by atoms with Crippen LogP contribution in [-0.2, 0) is 9.59 Å². The molecule has 2 atom stereocenters. The first-order chi connectivity index (χ1) is 12.0. The molecule has 0 aromatic carbocycles. The SMILES string of the molecule is Cc1ccc(NC(=O)C2CCN(C(=O)C[C@@H]3CCC[C@H]3N)CC2)nc1. The fourth-order valence-electron chi connectivity index (χ4n) is 3.83. The van der Waals surface area contributed by atoms with Crippen molar-refractivity contribution >= 4 is 17.6 Å². The van der Waals surface area contributed by atoms with Crippen molar-refractivity contribution in [2.45, 2.75) is 51.5 Å². The van der Waals surface area contributed by atoms with Gasteiger partial charge in [-0.15, -0.1) is 0 Å². The molecule has 0 spiro atoms. The maximum atomic E-state index is 12.5. The summed E-state index contributed by atoms with van der Waals surface area (Å²) in [5, 5.41) is 2.88. The van der Waals surface area contributed by atoms with E-state index >= 15 is 0 Å². The van der Waals surface area contributed by atoms with Crippen LogP contribution in [0.1, 0.15) is 44.1 Å². The van der Waals surface area contributed by atoms with Gasteiger partial charge >= 0.3 is 0 Å². The van der Waals surface area contributed by atoms with Gasteiger partial charge in [-0.3, -0.25) is 9.59 Å². The van der Waals surface area contributed by atoms with E-state index in [2.05, 4.69) is 10.3 Å². The Morgan fingerprint density at radius 3 is 2.60 bits per heavy atom. The number of nitrogens with zero attached hydrogens (tertiary/aromatic N) is 2. The van der Waals surface area contributed by atoms with Crippen LogP contribution < -0.4 is 11.1 Å². The maximum Gasteiger partial charge on any atom is 0.228 e. The Balaban J connectivity index is 1.45. The summed E-state index contributed by atoms with van der Waals surface area (Å²) in [7, 11) is 0. The molecular formula is C19H28N4O2. The van der Waals surface area contributed by atoms with Crippen molar-refractivity contribution in [3.63, 3.8) is 0 Å². The highest BCUT2D eigenvalue weighted by molar-refractivity contribution is 5.91. The Kier molecular flexibility index (Phi) is 5.68. The van der Waals surface area contributed by atoms with E-state index < -0.39 is 0 Å². The zero-order valence-electron chi connectivity index (χ0n) is 14.9. The molecule has 2 amide bonds. The Labute approximate surface area is 149 Å². The van der Waals surface area contributed by atoms with Crippen LogP contribution in [0.4, 0.5) is 5.82 Å². The second-order valence-corrected chi connectivity index (χ2v) is 7.42. The van der Waals surface area contributed by atoms with E-state index in [9.17, 15) is 9.59 Å². The smallest absolute Gasteiger partial charge is 0.228 e. The van der Waals surface area contributed by atoms with Crippen LogP contribution in [0.15, 0.2) is 18.3 Å². The number of anilines is 1. The maximum absolute atomic E-state index is 12.5. The Bertz CT molecular complexity index is 608. The van der Waals surface area contributed by atoms with Crippen LogP contribution in [0.3, 0.4) is 0 Å². The summed E-state index contributed by atoms with van der Waals surface area (Å²) in [5.74, 6) is 1.06. The summed E-state index contributed by atoms with van der Waals surface area (Å²) in [4.78, 5) is 31.0. The van der Waals surface area contributed by atoms with Crippen LogP contribution in [-0.4, -0.2) is 40.8 Å². The van der Waals surface area contributed by atoms with E-state index in [0.29, 0.717) is 44.1 Å². The van der Waals surface area contributed by atoms with Gasteiger partial charge in [0.25, 0.3) is 0 Å². The number of aromatic nitrogens is 1.